The fourth-order valence-electron chi connectivity index (χ4n) is 0.993. The quantitative estimate of drug-likeness (QED) is 0.563. The zero-order chi connectivity index (χ0) is 10.3. The van der Waals surface area contributed by atoms with Gasteiger partial charge in [0.25, 0.3) is 0 Å². The van der Waals surface area contributed by atoms with Gasteiger partial charge in [-0.05, 0) is 13.0 Å². The summed E-state index contributed by atoms with van der Waals surface area (Å²) in [6.07, 6.45) is -0.574. The fourth-order valence-corrected chi connectivity index (χ4v) is 2.31. The SMILES string of the molecule is CNC(CSCC(O)CO)C(C)C. The van der Waals surface area contributed by atoms with E-state index in [4.69, 9.17) is 10.2 Å². The third kappa shape index (κ3) is 6.32. The van der Waals surface area contributed by atoms with Crippen molar-refractivity contribution in [3.8, 4) is 0 Å². The molecule has 0 heterocycles. The van der Waals surface area contributed by atoms with E-state index in [2.05, 4.69) is 19.2 Å². The maximum absolute atomic E-state index is 9.09. The van der Waals surface area contributed by atoms with Crippen LogP contribution in [-0.2, 0) is 0 Å². The summed E-state index contributed by atoms with van der Waals surface area (Å²) in [6.45, 7) is 4.20. The van der Waals surface area contributed by atoms with Crippen LogP contribution >= 0.6 is 11.8 Å². The highest BCUT2D eigenvalue weighted by molar-refractivity contribution is 7.99. The molecule has 0 amide bonds. The first-order valence-corrected chi connectivity index (χ1v) is 5.81. The Labute approximate surface area is 84.9 Å². The van der Waals surface area contributed by atoms with Crippen molar-refractivity contribution in [2.45, 2.75) is 26.0 Å². The Morgan fingerprint density at radius 3 is 2.31 bits per heavy atom. The summed E-state index contributed by atoms with van der Waals surface area (Å²) < 4.78 is 0. The van der Waals surface area contributed by atoms with Crippen LogP contribution in [0, 0.1) is 5.92 Å². The maximum Gasteiger partial charge on any atom is 0.0861 e. The minimum Gasteiger partial charge on any atom is -0.394 e. The van der Waals surface area contributed by atoms with E-state index in [-0.39, 0.29) is 6.61 Å². The Morgan fingerprint density at radius 1 is 1.31 bits per heavy atom. The molecule has 3 N–H and O–H groups in total. The molecule has 0 aliphatic heterocycles. The molecule has 0 radical (unpaired) electrons. The monoisotopic (exact) mass is 207 g/mol. The van der Waals surface area contributed by atoms with Gasteiger partial charge in [-0.3, -0.25) is 0 Å². The molecule has 80 valence electrons. The molecule has 2 atom stereocenters. The molecule has 0 aliphatic rings. The Hall–Kier alpha value is 0.230. The molecule has 0 saturated carbocycles. The number of hydrogen-bond acceptors (Lipinski definition) is 4. The minimum absolute atomic E-state index is 0.140. The summed E-state index contributed by atoms with van der Waals surface area (Å²) in [5, 5.41) is 20.9. The average molecular weight is 207 g/mol. The number of nitrogens with one attached hydrogen (secondary N) is 1. The van der Waals surface area contributed by atoms with E-state index >= 15 is 0 Å². The summed E-state index contributed by atoms with van der Waals surface area (Å²) in [5.74, 6) is 2.19. The van der Waals surface area contributed by atoms with Gasteiger partial charge in [-0.1, -0.05) is 13.8 Å². The summed E-state index contributed by atoms with van der Waals surface area (Å²) in [5.41, 5.74) is 0. The molecule has 0 aliphatic carbocycles. The fraction of sp³-hybridized carbons (Fsp3) is 1.00. The largest absolute Gasteiger partial charge is 0.394 e. The molecule has 0 rings (SSSR count). The van der Waals surface area contributed by atoms with Crippen LogP contribution in [0.25, 0.3) is 0 Å². The highest BCUT2D eigenvalue weighted by Crippen LogP contribution is 2.10. The Kier molecular flexibility index (Phi) is 7.75. The first-order chi connectivity index (χ1) is 6.11. The van der Waals surface area contributed by atoms with Gasteiger partial charge >= 0.3 is 0 Å². The number of aliphatic hydroxyl groups is 2. The topological polar surface area (TPSA) is 52.5 Å². The van der Waals surface area contributed by atoms with E-state index in [1.54, 1.807) is 11.8 Å². The molecule has 3 nitrogen and oxygen atoms in total. The van der Waals surface area contributed by atoms with Gasteiger partial charge in [0.2, 0.25) is 0 Å². The summed E-state index contributed by atoms with van der Waals surface area (Å²) in [4.78, 5) is 0. The van der Waals surface area contributed by atoms with Crippen LogP contribution in [0.5, 0.6) is 0 Å². The molecule has 0 saturated heterocycles. The third-order valence-corrected chi connectivity index (χ3v) is 3.21. The lowest BCUT2D eigenvalue weighted by Gasteiger charge is -2.20. The standard InChI is InChI=1S/C9H21NO2S/c1-7(2)9(10-3)6-13-5-8(12)4-11/h7-12H,4-6H2,1-3H3. The lowest BCUT2D eigenvalue weighted by atomic mass is 10.1. The molecule has 2 unspecified atom stereocenters. The van der Waals surface area contributed by atoms with E-state index in [9.17, 15) is 0 Å². The molecule has 0 aromatic carbocycles. The van der Waals surface area contributed by atoms with Crippen molar-refractivity contribution in [2.24, 2.45) is 5.92 Å². The predicted octanol–water partition coefficient (Wildman–Crippen LogP) is 0.317. The van der Waals surface area contributed by atoms with Crippen molar-refractivity contribution in [1.29, 1.82) is 0 Å². The molecular formula is C9H21NO2S. The molecular weight excluding hydrogens is 186 g/mol. The van der Waals surface area contributed by atoms with Crippen molar-refractivity contribution in [1.82, 2.24) is 5.32 Å². The first kappa shape index (κ1) is 13.2. The normalized spacial score (nSPS) is 16.2. The van der Waals surface area contributed by atoms with Crippen molar-refractivity contribution in [3.63, 3.8) is 0 Å². The first-order valence-electron chi connectivity index (χ1n) is 4.65. The van der Waals surface area contributed by atoms with Crippen molar-refractivity contribution in [2.75, 3.05) is 25.2 Å². The second kappa shape index (κ2) is 7.62. The van der Waals surface area contributed by atoms with Gasteiger partial charge in [0.05, 0.1) is 12.7 Å². The van der Waals surface area contributed by atoms with Gasteiger partial charge in [-0.2, -0.15) is 11.8 Å². The van der Waals surface area contributed by atoms with E-state index in [0.29, 0.717) is 17.7 Å². The summed E-state index contributed by atoms with van der Waals surface area (Å²) >= 11 is 1.67. The van der Waals surface area contributed by atoms with Gasteiger partial charge in [0, 0.05) is 17.5 Å². The summed E-state index contributed by atoms with van der Waals surface area (Å²) in [7, 11) is 1.95. The molecule has 0 aromatic rings. The number of hydrogen-bond donors (Lipinski definition) is 3. The van der Waals surface area contributed by atoms with Gasteiger partial charge in [0.15, 0.2) is 0 Å². The second-order valence-corrected chi connectivity index (χ2v) is 4.59. The van der Waals surface area contributed by atoms with Crippen LogP contribution in [0.15, 0.2) is 0 Å². The number of aliphatic hydroxyl groups excluding tert-OH is 2. The van der Waals surface area contributed by atoms with Crippen LogP contribution in [-0.4, -0.2) is 47.5 Å². The molecule has 0 spiro atoms. The lowest BCUT2D eigenvalue weighted by Crippen LogP contribution is -2.33. The summed E-state index contributed by atoms with van der Waals surface area (Å²) in [6, 6.07) is 0.482. The second-order valence-electron chi connectivity index (χ2n) is 3.51. The highest BCUT2D eigenvalue weighted by atomic mass is 32.2. The van der Waals surface area contributed by atoms with Crippen LogP contribution in [0.3, 0.4) is 0 Å². The van der Waals surface area contributed by atoms with E-state index in [1.807, 2.05) is 7.05 Å². The predicted molar refractivity (Wildman–Crippen MR) is 58.1 cm³/mol. The highest BCUT2D eigenvalue weighted by Gasteiger charge is 2.11. The van der Waals surface area contributed by atoms with Crippen molar-refractivity contribution in [3.05, 3.63) is 0 Å². The number of thioether (sulfide) groups is 1. The zero-order valence-electron chi connectivity index (χ0n) is 8.66. The number of rotatable bonds is 7. The van der Waals surface area contributed by atoms with Gasteiger partial charge in [-0.15, -0.1) is 0 Å². The van der Waals surface area contributed by atoms with E-state index in [0.717, 1.165) is 5.75 Å². The van der Waals surface area contributed by atoms with Crippen LogP contribution in [0.1, 0.15) is 13.8 Å². The lowest BCUT2D eigenvalue weighted by molar-refractivity contribution is 0.113. The van der Waals surface area contributed by atoms with Crippen molar-refractivity contribution >= 4 is 11.8 Å². The van der Waals surface area contributed by atoms with Gasteiger partial charge < -0.3 is 15.5 Å². The molecule has 13 heavy (non-hydrogen) atoms. The van der Waals surface area contributed by atoms with Crippen molar-refractivity contribution < 1.29 is 10.2 Å². The third-order valence-electron chi connectivity index (χ3n) is 1.99. The molecule has 0 fully saturated rings. The van der Waals surface area contributed by atoms with E-state index < -0.39 is 6.10 Å². The Balaban J connectivity index is 3.49. The molecule has 0 aromatic heterocycles. The average Bonchev–Trinajstić information content (AvgIpc) is 2.11. The van der Waals surface area contributed by atoms with E-state index in [1.165, 1.54) is 0 Å². The minimum atomic E-state index is -0.574. The van der Waals surface area contributed by atoms with Gasteiger partial charge in [-0.25, -0.2) is 0 Å². The maximum atomic E-state index is 9.09. The zero-order valence-corrected chi connectivity index (χ0v) is 9.47. The smallest absolute Gasteiger partial charge is 0.0861 e. The Morgan fingerprint density at radius 2 is 1.92 bits per heavy atom. The Bertz CT molecular complexity index is 122. The molecule has 4 heteroatoms. The molecule has 0 bridgehead atoms. The van der Waals surface area contributed by atoms with Crippen LogP contribution in [0.4, 0.5) is 0 Å². The van der Waals surface area contributed by atoms with Crippen LogP contribution in [0.2, 0.25) is 0 Å². The van der Waals surface area contributed by atoms with Crippen LogP contribution < -0.4 is 5.32 Å². The van der Waals surface area contributed by atoms with Gasteiger partial charge in [0.1, 0.15) is 0 Å².